The van der Waals surface area contributed by atoms with Crippen LogP contribution in [0, 0.1) is 12.7 Å². The largest absolute Gasteiger partial charge is 0.494 e. The van der Waals surface area contributed by atoms with E-state index in [2.05, 4.69) is 0 Å². The molecule has 0 radical (unpaired) electrons. The predicted octanol–water partition coefficient (Wildman–Crippen LogP) is 3.55. The number of carbonyl (C=O) groups is 1. The van der Waals surface area contributed by atoms with E-state index in [-0.39, 0.29) is 22.9 Å². The molecule has 0 atom stereocenters. The molecule has 146 valence electrons. The van der Waals surface area contributed by atoms with Crippen LogP contribution < -0.4 is 9.04 Å². The number of sulfonamides is 1. The molecular formula is C18H19ClFNO5S. The molecule has 0 heterocycles. The third kappa shape index (κ3) is 4.70. The van der Waals surface area contributed by atoms with Crippen LogP contribution in [0.5, 0.6) is 5.75 Å². The molecule has 0 saturated carbocycles. The van der Waals surface area contributed by atoms with Crippen LogP contribution in [0.1, 0.15) is 12.5 Å². The Morgan fingerprint density at radius 3 is 2.52 bits per heavy atom. The Labute approximate surface area is 162 Å². The summed E-state index contributed by atoms with van der Waals surface area (Å²) in [5.74, 6) is -1.67. The van der Waals surface area contributed by atoms with E-state index in [1.165, 1.54) is 25.3 Å². The van der Waals surface area contributed by atoms with Gasteiger partial charge < -0.3 is 9.47 Å². The molecule has 0 aliphatic heterocycles. The molecule has 0 amide bonds. The number of benzene rings is 2. The van der Waals surface area contributed by atoms with E-state index in [1.54, 1.807) is 26.0 Å². The summed E-state index contributed by atoms with van der Waals surface area (Å²) in [6.45, 7) is 2.80. The number of carbonyl (C=O) groups excluding carboxylic acids is 1. The van der Waals surface area contributed by atoms with Gasteiger partial charge in [-0.15, -0.1) is 0 Å². The summed E-state index contributed by atoms with van der Waals surface area (Å²) in [6, 6.07) is 7.90. The summed E-state index contributed by atoms with van der Waals surface area (Å²) in [5, 5.41) is 0.292. The van der Waals surface area contributed by atoms with E-state index in [0.717, 1.165) is 10.4 Å². The number of aryl methyl sites for hydroxylation is 1. The van der Waals surface area contributed by atoms with Gasteiger partial charge in [-0.2, -0.15) is 0 Å². The average molecular weight is 416 g/mol. The van der Waals surface area contributed by atoms with Crippen molar-refractivity contribution in [2.24, 2.45) is 0 Å². The highest BCUT2D eigenvalue weighted by Gasteiger charge is 2.29. The molecule has 0 N–H and O–H groups in total. The van der Waals surface area contributed by atoms with Crippen molar-refractivity contribution in [3.05, 3.63) is 52.8 Å². The third-order valence-electron chi connectivity index (χ3n) is 3.73. The summed E-state index contributed by atoms with van der Waals surface area (Å²) < 4.78 is 50.9. The van der Waals surface area contributed by atoms with E-state index in [1.807, 2.05) is 0 Å². The van der Waals surface area contributed by atoms with Gasteiger partial charge in [-0.3, -0.25) is 9.10 Å². The molecule has 0 aliphatic carbocycles. The fraction of sp³-hybridized carbons (Fsp3) is 0.278. The van der Waals surface area contributed by atoms with Crippen molar-refractivity contribution in [2.45, 2.75) is 18.7 Å². The maximum absolute atomic E-state index is 14.1. The highest BCUT2D eigenvalue weighted by atomic mass is 35.5. The predicted molar refractivity (Wildman–Crippen MR) is 100 cm³/mol. The fourth-order valence-electron chi connectivity index (χ4n) is 2.41. The lowest BCUT2D eigenvalue weighted by atomic mass is 10.2. The number of esters is 1. The first-order valence-corrected chi connectivity index (χ1v) is 9.80. The summed E-state index contributed by atoms with van der Waals surface area (Å²) >= 11 is 6.01. The molecule has 0 fully saturated rings. The molecule has 27 heavy (non-hydrogen) atoms. The zero-order valence-corrected chi connectivity index (χ0v) is 16.6. The molecule has 2 rings (SSSR count). The highest BCUT2D eigenvalue weighted by molar-refractivity contribution is 7.92. The number of methoxy groups -OCH3 is 1. The monoisotopic (exact) mass is 415 g/mol. The van der Waals surface area contributed by atoms with E-state index in [4.69, 9.17) is 21.1 Å². The van der Waals surface area contributed by atoms with Crippen LogP contribution in [0.15, 0.2) is 41.3 Å². The Morgan fingerprint density at radius 1 is 1.22 bits per heavy atom. The highest BCUT2D eigenvalue weighted by Crippen LogP contribution is 2.31. The van der Waals surface area contributed by atoms with Gasteiger partial charge in [0.05, 0.1) is 24.3 Å². The summed E-state index contributed by atoms with van der Waals surface area (Å²) in [4.78, 5) is 11.7. The van der Waals surface area contributed by atoms with Crippen LogP contribution in [0.2, 0.25) is 5.02 Å². The van der Waals surface area contributed by atoms with Crippen LogP contribution >= 0.6 is 11.6 Å². The second-order valence-corrected chi connectivity index (χ2v) is 7.84. The van der Waals surface area contributed by atoms with Gasteiger partial charge in [0.15, 0.2) is 11.6 Å². The Bertz CT molecular complexity index is 949. The van der Waals surface area contributed by atoms with E-state index in [9.17, 15) is 17.6 Å². The third-order valence-corrected chi connectivity index (χ3v) is 5.72. The molecule has 2 aromatic carbocycles. The van der Waals surface area contributed by atoms with Crippen molar-refractivity contribution in [1.29, 1.82) is 0 Å². The molecule has 0 unspecified atom stereocenters. The molecule has 0 aromatic heterocycles. The zero-order valence-electron chi connectivity index (χ0n) is 15.0. The van der Waals surface area contributed by atoms with Crippen LogP contribution in [0.3, 0.4) is 0 Å². The second kappa shape index (κ2) is 8.58. The van der Waals surface area contributed by atoms with E-state index < -0.39 is 28.4 Å². The summed E-state index contributed by atoms with van der Waals surface area (Å²) in [7, 11) is -3.00. The summed E-state index contributed by atoms with van der Waals surface area (Å²) in [6.07, 6.45) is 0. The van der Waals surface area contributed by atoms with Crippen molar-refractivity contribution in [3.63, 3.8) is 0 Å². The van der Waals surface area contributed by atoms with Crippen molar-refractivity contribution >= 4 is 33.3 Å². The van der Waals surface area contributed by atoms with Gasteiger partial charge in [0.1, 0.15) is 6.54 Å². The topological polar surface area (TPSA) is 72.9 Å². The minimum Gasteiger partial charge on any atom is -0.494 e. The van der Waals surface area contributed by atoms with Crippen molar-refractivity contribution in [1.82, 2.24) is 0 Å². The van der Waals surface area contributed by atoms with Gasteiger partial charge in [0, 0.05) is 5.02 Å². The van der Waals surface area contributed by atoms with E-state index >= 15 is 0 Å². The number of halogens is 2. The standard InChI is InChI=1S/C18H19ClFNO5S/c1-4-26-18(22)11-21(16-9-13(19)6-5-12(16)2)27(23,24)14-7-8-17(25-3)15(20)10-14/h5-10H,4,11H2,1-3H3. The minimum atomic E-state index is -4.28. The van der Waals surface area contributed by atoms with Crippen LogP contribution in [0.4, 0.5) is 10.1 Å². The first kappa shape index (κ1) is 21.0. The Kier molecular flexibility index (Phi) is 6.67. The van der Waals surface area contributed by atoms with Gasteiger partial charge in [-0.1, -0.05) is 17.7 Å². The van der Waals surface area contributed by atoms with E-state index in [0.29, 0.717) is 10.6 Å². The van der Waals surface area contributed by atoms with Gasteiger partial charge in [0.2, 0.25) is 0 Å². The van der Waals surface area contributed by atoms with Gasteiger partial charge >= 0.3 is 5.97 Å². The van der Waals surface area contributed by atoms with Crippen LogP contribution in [0.25, 0.3) is 0 Å². The van der Waals surface area contributed by atoms with Gasteiger partial charge in [-0.05, 0) is 49.7 Å². The van der Waals surface area contributed by atoms with Crippen LogP contribution in [-0.4, -0.2) is 34.6 Å². The number of anilines is 1. The maximum Gasteiger partial charge on any atom is 0.326 e. The first-order chi connectivity index (χ1) is 12.7. The van der Waals surface area contributed by atoms with Crippen molar-refractivity contribution < 1.29 is 27.1 Å². The average Bonchev–Trinajstić information content (AvgIpc) is 2.62. The minimum absolute atomic E-state index is 0.0928. The molecule has 0 aliphatic rings. The lowest BCUT2D eigenvalue weighted by Gasteiger charge is -2.25. The van der Waals surface area contributed by atoms with Crippen molar-refractivity contribution in [3.8, 4) is 5.75 Å². The molecule has 9 heteroatoms. The smallest absolute Gasteiger partial charge is 0.326 e. The quantitative estimate of drug-likeness (QED) is 0.646. The maximum atomic E-state index is 14.1. The molecule has 0 spiro atoms. The van der Waals surface area contributed by atoms with Crippen molar-refractivity contribution in [2.75, 3.05) is 24.6 Å². The number of nitrogens with zero attached hydrogens (tertiary/aromatic N) is 1. The Balaban J connectivity index is 2.59. The van der Waals surface area contributed by atoms with Gasteiger partial charge in [0.25, 0.3) is 10.0 Å². The van der Waals surface area contributed by atoms with Crippen LogP contribution in [-0.2, 0) is 19.6 Å². The fourth-order valence-corrected chi connectivity index (χ4v) is 4.05. The molecule has 0 saturated heterocycles. The molecule has 0 bridgehead atoms. The Hall–Kier alpha value is -2.32. The van der Waals surface area contributed by atoms with Gasteiger partial charge in [-0.25, -0.2) is 12.8 Å². The molecule has 2 aromatic rings. The first-order valence-electron chi connectivity index (χ1n) is 7.98. The number of ether oxygens (including phenoxy) is 2. The molecule has 6 nitrogen and oxygen atoms in total. The number of rotatable bonds is 7. The lowest BCUT2D eigenvalue weighted by molar-refractivity contribution is -0.141. The summed E-state index contributed by atoms with van der Waals surface area (Å²) in [5.41, 5.74) is 0.771. The second-order valence-electron chi connectivity index (χ2n) is 5.54. The Morgan fingerprint density at radius 2 is 1.93 bits per heavy atom. The number of hydrogen-bond donors (Lipinski definition) is 0. The SMILES string of the molecule is CCOC(=O)CN(c1cc(Cl)ccc1C)S(=O)(=O)c1ccc(OC)c(F)c1. The number of hydrogen-bond acceptors (Lipinski definition) is 5. The normalized spacial score (nSPS) is 11.1. The zero-order chi connectivity index (χ0) is 20.2. The molecular weight excluding hydrogens is 397 g/mol. The lowest BCUT2D eigenvalue weighted by Crippen LogP contribution is -2.37.